The maximum Gasteiger partial charge on any atom is 0.143 e. The zero-order valence-electron chi connectivity index (χ0n) is 38.7. The van der Waals surface area contributed by atoms with Crippen molar-refractivity contribution in [2.75, 3.05) is 4.90 Å². The van der Waals surface area contributed by atoms with Crippen LogP contribution < -0.4 is 4.90 Å². The Labute approximate surface area is 412 Å². The van der Waals surface area contributed by atoms with Crippen molar-refractivity contribution in [3.63, 3.8) is 0 Å². The standard InChI is InChI=1S/C69H43NO/c1-2-17-44(18-3-1)70(45-36-33-42(34-37-45)47-27-16-28-57-52-22-11-15-32-63(52)71-68(47)57)62-40-39-46(66-64-53-23-4-6-25-55(53)65(67(62)66)56-26-7-5-24-54(56)64)43-35-38-51-50-21-10-14-31-60(50)69(61(51)41-43)58-29-12-8-19-48(58)49-20-9-13-30-59(49)69/h1-41,64-65H. The predicted molar refractivity (Wildman–Crippen MR) is 290 cm³/mol. The Morgan fingerprint density at radius 1 is 0.324 bits per heavy atom. The van der Waals surface area contributed by atoms with E-state index in [0.717, 1.165) is 44.4 Å². The van der Waals surface area contributed by atoms with Crippen LogP contribution in [0.3, 0.4) is 0 Å². The third-order valence-electron chi connectivity index (χ3n) is 16.5. The van der Waals surface area contributed by atoms with Crippen LogP contribution in [0, 0.1) is 0 Å². The van der Waals surface area contributed by atoms with E-state index in [1.807, 2.05) is 6.07 Å². The van der Waals surface area contributed by atoms with Crippen molar-refractivity contribution < 1.29 is 4.42 Å². The summed E-state index contributed by atoms with van der Waals surface area (Å²) in [5.74, 6) is 0.0844. The molecular weight excluding hydrogens is 859 g/mol. The number of hydrogen-bond acceptors (Lipinski definition) is 2. The van der Waals surface area contributed by atoms with Gasteiger partial charge in [0, 0.05) is 39.5 Å². The molecule has 1 aromatic heterocycles. The van der Waals surface area contributed by atoms with Gasteiger partial charge < -0.3 is 9.32 Å². The summed E-state index contributed by atoms with van der Waals surface area (Å²) >= 11 is 0. The first-order valence-electron chi connectivity index (χ1n) is 24.9. The van der Waals surface area contributed by atoms with Crippen LogP contribution in [0.4, 0.5) is 17.1 Å². The number of rotatable bonds is 5. The first-order chi connectivity index (χ1) is 35.3. The van der Waals surface area contributed by atoms with E-state index < -0.39 is 5.41 Å². The van der Waals surface area contributed by atoms with Crippen molar-refractivity contribution in [2.45, 2.75) is 17.3 Å². The molecule has 5 aliphatic rings. The van der Waals surface area contributed by atoms with Crippen molar-refractivity contribution in [3.8, 4) is 44.5 Å². The Balaban J connectivity index is 0.934. The minimum absolute atomic E-state index is 0.0344. The summed E-state index contributed by atoms with van der Waals surface area (Å²) in [6.07, 6.45) is 0. The van der Waals surface area contributed by atoms with Gasteiger partial charge in [-0.25, -0.2) is 0 Å². The quantitative estimate of drug-likeness (QED) is 0.171. The molecule has 2 nitrogen and oxygen atoms in total. The first-order valence-corrected chi connectivity index (χ1v) is 24.9. The molecule has 2 bridgehead atoms. The lowest BCUT2D eigenvalue weighted by atomic mass is 9.59. The second kappa shape index (κ2) is 14.5. The molecule has 0 N–H and O–H groups in total. The lowest BCUT2D eigenvalue weighted by Gasteiger charge is -2.45. The zero-order valence-corrected chi connectivity index (χ0v) is 38.7. The van der Waals surface area contributed by atoms with E-state index in [1.165, 1.54) is 94.7 Å². The lowest BCUT2D eigenvalue weighted by Crippen LogP contribution is -2.30. The number of anilines is 3. The van der Waals surface area contributed by atoms with Gasteiger partial charge in [-0.3, -0.25) is 0 Å². The Kier molecular flexibility index (Phi) is 7.96. The maximum atomic E-state index is 6.54. The molecule has 0 fully saturated rings. The van der Waals surface area contributed by atoms with E-state index in [9.17, 15) is 0 Å². The number of para-hydroxylation sites is 3. The van der Waals surface area contributed by atoms with Crippen LogP contribution in [0.25, 0.3) is 66.4 Å². The third kappa shape index (κ3) is 5.16. The summed E-state index contributed by atoms with van der Waals surface area (Å²) in [5, 5.41) is 2.27. The Bertz CT molecular complexity index is 4080. The number of fused-ring (bicyclic) bond motifs is 13. The van der Waals surface area contributed by atoms with E-state index in [2.05, 4.69) is 248 Å². The summed E-state index contributed by atoms with van der Waals surface area (Å²) < 4.78 is 6.54. The third-order valence-corrected chi connectivity index (χ3v) is 16.5. The van der Waals surface area contributed by atoms with Crippen LogP contribution in [-0.2, 0) is 5.41 Å². The molecule has 0 saturated heterocycles. The van der Waals surface area contributed by atoms with Gasteiger partial charge in [-0.2, -0.15) is 0 Å². The summed E-state index contributed by atoms with van der Waals surface area (Å²) in [4.78, 5) is 2.50. The molecule has 0 aliphatic heterocycles. The van der Waals surface area contributed by atoms with Gasteiger partial charge in [0.25, 0.3) is 0 Å². The normalized spacial score (nSPS) is 15.7. The molecule has 0 saturated carbocycles. The van der Waals surface area contributed by atoms with E-state index >= 15 is 0 Å². The van der Waals surface area contributed by atoms with E-state index in [-0.39, 0.29) is 11.8 Å². The molecule has 5 aliphatic carbocycles. The van der Waals surface area contributed by atoms with Crippen LogP contribution >= 0.6 is 0 Å². The molecule has 0 unspecified atom stereocenters. The second-order valence-electron chi connectivity index (χ2n) is 19.7. The van der Waals surface area contributed by atoms with Crippen molar-refractivity contribution in [1.29, 1.82) is 0 Å². The van der Waals surface area contributed by atoms with Crippen molar-refractivity contribution in [1.82, 2.24) is 0 Å². The highest BCUT2D eigenvalue weighted by atomic mass is 16.3. The lowest BCUT2D eigenvalue weighted by molar-refractivity contribution is 0.670. The van der Waals surface area contributed by atoms with Gasteiger partial charge in [0.05, 0.1) is 11.1 Å². The van der Waals surface area contributed by atoms with E-state index in [0.29, 0.717) is 0 Å². The monoisotopic (exact) mass is 901 g/mol. The van der Waals surface area contributed by atoms with Crippen molar-refractivity contribution in [3.05, 3.63) is 304 Å². The summed E-state index contributed by atoms with van der Waals surface area (Å²) in [6, 6.07) is 93.0. The molecule has 0 radical (unpaired) electrons. The SMILES string of the molecule is c1ccc(N(c2ccc(-c3cccc4c3oc3ccccc34)cc2)c2ccc(-c3ccc4c(c3)C3(c5ccccc5-c5ccccc53)c3ccccc3-4)c3c2C2c4ccccc4C3c3ccccc32)cc1. The Morgan fingerprint density at radius 3 is 1.45 bits per heavy atom. The number of furan rings is 1. The van der Waals surface area contributed by atoms with Crippen LogP contribution in [0.5, 0.6) is 0 Å². The number of nitrogens with zero attached hydrogens (tertiary/aromatic N) is 1. The van der Waals surface area contributed by atoms with Crippen LogP contribution in [0.2, 0.25) is 0 Å². The van der Waals surface area contributed by atoms with Gasteiger partial charge in [0.2, 0.25) is 0 Å². The molecule has 17 rings (SSSR count). The molecule has 0 amide bonds. The van der Waals surface area contributed by atoms with Gasteiger partial charge >= 0.3 is 0 Å². The highest BCUT2D eigenvalue weighted by molar-refractivity contribution is 6.09. The smallest absolute Gasteiger partial charge is 0.143 e. The van der Waals surface area contributed by atoms with Crippen LogP contribution in [0.1, 0.15) is 67.5 Å². The second-order valence-corrected chi connectivity index (χ2v) is 19.7. The number of hydrogen-bond donors (Lipinski definition) is 0. The molecular formula is C69H43NO. The summed E-state index contributed by atoms with van der Waals surface area (Å²) in [6.45, 7) is 0. The first kappa shape index (κ1) is 38.9. The fourth-order valence-electron chi connectivity index (χ4n) is 13.7. The summed E-state index contributed by atoms with van der Waals surface area (Å²) in [5.41, 5.74) is 28.7. The Hall–Kier alpha value is -8.98. The highest BCUT2D eigenvalue weighted by Crippen LogP contribution is 2.65. The molecule has 1 heterocycles. The van der Waals surface area contributed by atoms with Crippen molar-refractivity contribution >= 4 is 39.0 Å². The number of benzene rings is 11. The minimum Gasteiger partial charge on any atom is -0.455 e. The predicted octanol–water partition coefficient (Wildman–Crippen LogP) is 17.7. The largest absolute Gasteiger partial charge is 0.455 e. The minimum atomic E-state index is -0.431. The van der Waals surface area contributed by atoms with Gasteiger partial charge in [-0.15, -0.1) is 0 Å². The molecule has 0 atom stereocenters. The van der Waals surface area contributed by atoms with Gasteiger partial charge in [0.1, 0.15) is 11.2 Å². The molecule has 330 valence electrons. The average molecular weight is 902 g/mol. The molecule has 12 aromatic rings. The fourth-order valence-corrected chi connectivity index (χ4v) is 13.7. The molecule has 1 spiro atoms. The van der Waals surface area contributed by atoms with Crippen LogP contribution in [0.15, 0.2) is 253 Å². The topological polar surface area (TPSA) is 16.4 Å². The van der Waals surface area contributed by atoms with Gasteiger partial charge in [-0.05, 0) is 137 Å². The van der Waals surface area contributed by atoms with Gasteiger partial charge in [-0.1, -0.05) is 206 Å². The Morgan fingerprint density at radius 2 is 0.803 bits per heavy atom. The van der Waals surface area contributed by atoms with Gasteiger partial charge in [0.15, 0.2) is 0 Å². The van der Waals surface area contributed by atoms with E-state index in [1.54, 1.807) is 0 Å². The van der Waals surface area contributed by atoms with Crippen molar-refractivity contribution in [2.24, 2.45) is 0 Å². The summed E-state index contributed by atoms with van der Waals surface area (Å²) in [7, 11) is 0. The van der Waals surface area contributed by atoms with Crippen LogP contribution in [-0.4, -0.2) is 0 Å². The fraction of sp³-hybridized carbons (Fsp3) is 0.0435. The molecule has 71 heavy (non-hydrogen) atoms. The highest BCUT2D eigenvalue weighted by Gasteiger charge is 2.52. The average Bonchev–Trinajstić information content (AvgIpc) is 4.08. The molecule has 2 heteroatoms. The zero-order chi connectivity index (χ0) is 46.4. The maximum absolute atomic E-state index is 6.54. The molecule has 11 aromatic carbocycles. The van der Waals surface area contributed by atoms with E-state index in [4.69, 9.17) is 4.42 Å².